The number of ether oxygens (including phenoxy) is 1. The second kappa shape index (κ2) is 7.20. The molecule has 6 nitrogen and oxygen atoms in total. The van der Waals surface area contributed by atoms with Crippen molar-refractivity contribution in [2.24, 2.45) is 0 Å². The number of methoxy groups -OCH3 is 1. The Balaban J connectivity index is 2.81. The lowest BCUT2D eigenvalue weighted by Gasteiger charge is -2.21. The number of amides is 1. The number of halogens is 1. The molecule has 0 aliphatic carbocycles. The Labute approximate surface area is 117 Å². The molecule has 112 valence electrons. The van der Waals surface area contributed by atoms with Gasteiger partial charge in [0.15, 0.2) is 0 Å². The Morgan fingerprint density at radius 1 is 1.35 bits per heavy atom. The van der Waals surface area contributed by atoms with Crippen LogP contribution in [0.15, 0.2) is 24.3 Å². The van der Waals surface area contributed by atoms with Gasteiger partial charge in [0.05, 0.1) is 18.6 Å². The number of benzene rings is 1. The van der Waals surface area contributed by atoms with E-state index in [1.807, 2.05) is 0 Å². The fourth-order valence-corrected chi connectivity index (χ4v) is 2.34. The lowest BCUT2D eigenvalue weighted by molar-refractivity contribution is -0.119. The Morgan fingerprint density at radius 3 is 2.45 bits per heavy atom. The Morgan fingerprint density at radius 2 is 1.95 bits per heavy atom. The average molecular weight is 304 g/mol. The van der Waals surface area contributed by atoms with Gasteiger partial charge in [-0.15, -0.1) is 0 Å². The number of sulfonamides is 1. The molecule has 0 atom stereocenters. The van der Waals surface area contributed by atoms with Gasteiger partial charge in [0.2, 0.25) is 15.9 Å². The van der Waals surface area contributed by atoms with Crippen LogP contribution in [0.4, 0.5) is 10.1 Å². The van der Waals surface area contributed by atoms with E-state index in [9.17, 15) is 17.6 Å². The van der Waals surface area contributed by atoms with Crippen LogP contribution in [-0.2, 0) is 19.6 Å². The van der Waals surface area contributed by atoms with E-state index in [1.54, 1.807) is 0 Å². The summed E-state index contributed by atoms with van der Waals surface area (Å²) in [4.78, 5) is 11.7. The van der Waals surface area contributed by atoms with Gasteiger partial charge in [-0.2, -0.15) is 0 Å². The summed E-state index contributed by atoms with van der Waals surface area (Å²) in [7, 11) is -2.14. The van der Waals surface area contributed by atoms with Gasteiger partial charge < -0.3 is 10.1 Å². The predicted molar refractivity (Wildman–Crippen MR) is 73.5 cm³/mol. The van der Waals surface area contributed by atoms with E-state index in [4.69, 9.17) is 4.74 Å². The molecule has 0 radical (unpaired) electrons. The van der Waals surface area contributed by atoms with Gasteiger partial charge >= 0.3 is 0 Å². The van der Waals surface area contributed by atoms with Crippen LogP contribution in [-0.4, -0.2) is 47.4 Å². The molecule has 0 unspecified atom stereocenters. The number of carbonyl (C=O) groups is 1. The van der Waals surface area contributed by atoms with Gasteiger partial charge in [-0.05, 0) is 24.3 Å². The van der Waals surface area contributed by atoms with E-state index < -0.39 is 21.7 Å². The van der Waals surface area contributed by atoms with Crippen LogP contribution in [0, 0.1) is 5.82 Å². The average Bonchev–Trinajstić information content (AvgIpc) is 2.36. The highest BCUT2D eigenvalue weighted by molar-refractivity contribution is 7.92. The van der Waals surface area contributed by atoms with E-state index in [0.29, 0.717) is 6.61 Å². The summed E-state index contributed by atoms with van der Waals surface area (Å²) in [6.45, 7) is 0.256. The smallest absolute Gasteiger partial charge is 0.240 e. The van der Waals surface area contributed by atoms with Gasteiger partial charge in [0.1, 0.15) is 12.4 Å². The molecule has 0 saturated carbocycles. The normalized spacial score (nSPS) is 11.2. The first-order chi connectivity index (χ1) is 9.34. The van der Waals surface area contributed by atoms with Gasteiger partial charge in [-0.25, -0.2) is 12.8 Å². The van der Waals surface area contributed by atoms with Crippen LogP contribution in [0.1, 0.15) is 0 Å². The van der Waals surface area contributed by atoms with Crippen LogP contribution in [0.5, 0.6) is 0 Å². The van der Waals surface area contributed by atoms with E-state index in [1.165, 1.54) is 19.2 Å². The fourth-order valence-electron chi connectivity index (χ4n) is 1.49. The van der Waals surface area contributed by atoms with Crippen LogP contribution in [0.25, 0.3) is 0 Å². The highest BCUT2D eigenvalue weighted by Gasteiger charge is 2.20. The molecule has 0 saturated heterocycles. The highest BCUT2D eigenvalue weighted by atomic mass is 32.2. The molecule has 0 aliphatic rings. The molecule has 1 amide bonds. The SMILES string of the molecule is COCCNC(=O)CN(c1ccc(F)cc1)S(C)(=O)=O. The molecular weight excluding hydrogens is 287 g/mol. The van der Waals surface area contributed by atoms with E-state index in [2.05, 4.69) is 5.32 Å². The van der Waals surface area contributed by atoms with Crippen LogP contribution in [0.3, 0.4) is 0 Å². The molecule has 0 bridgehead atoms. The number of hydrogen-bond acceptors (Lipinski definition) is 4. The molecule has 1 aromatic rings. The largest absolute Gasteiger partial charge is 0.383 e. The van der Waals surface area contributed by atoms with E-state index in [-0.39, 0.29) is 18.8 Å². The standard InChI is InChI=1S/C12H17FN2O4S/c1-19-8-7-14-12(16)9-15(20(2,17)18)11-5-3-10(13)4-6-11/h3-6H,7-9H2,1-2H3,(H,14,16). The molecule has 1 N–H and O–H groups in total. The molecule has 20 heavy (non-hydrogen) atoms. The lowest BCUT2D eigenvalue weighted by atomic mass is 10.3. The summed E-state index contributed by atoms with van der Waals surface area (Å²) in [5.41, 5.74) is 0.232. The Hall–Kier alpha value is -1.67. The number of hydrogen-bond donors (Lipinski definition) is 1. The molecule has 0 heterocycles. The molecule has 0 aliphatic heterocycles. The number of rotatable bonds is 7. The molecule has 0 spiro atoms. The second-order valence-electron chi connectivity index (χ2n) is 4.09. The first kappa shape index (κ1) is 16.4. The van der Waals surface area contributed by atoms with Crippen LogP contribution in [0.2, 0.25) is 0 Å². The predicted octanol–water partition coefficient (Wildman–Crippen LogP) is 0.354. The third-order valence-corrected chi connectivity index (χ3v) is 3.57. The number of anilines is 1. The van der Waals surface area contributed by atoms with E-state index >= 15 is 0 Å². The monoisotopic (exact) mass is 304 g/mol. The lowest BCUT2D eigenvalue weighted by Crippen LogP contribution is -2.41. The molecule has 1 aromatic carbocycles. The van der Waals surface area contributed by atoms with Crippen molar-refractivity contribution in [3.05, 3.63) is 30.1 Å². The summed E-state index contributed by atoms with van der Waals surface area (Å²) >= 11 is 0. The Kier molecular flexibility index (Phi) is 5.90. The number of carbonyl (C=O) groups excluding carboxylic acids is 1. The third-order valence-electron chi connectivity index (χ3n) is 2.43. The summed E-state index contributed by atoms with van der Waals surface area (Å²) < 4.78 is 42.0. The minimum Gasteiger partial charge on any atom is -0.383 e. The molecular formula is C12H17FN2O4S. The van der Waals surface area contributed by atoms with Crippen molar-refractivity contribution < 1.29 is 22.3 Å². The van der Waals surface area contributed by atoms with E-state index in [0.717, 1.165) is 22.7 Å². The first-order valence-corrected chi connectivity index (χ1v) is 7.68. The van der Waals surface area contributed by atoms with Gasteiger partial charge in [-0.1, -0.05) is 0 Å². The van der Waals surface area contributed by atoms with Crippen molar-refractivity contribution in [2.45, 2.75) is 0 Å². The summed E-state index contributed by atoms with van der Waals surface area (Å²) in [6.07, 6.45) is 0.985. The van der Waals surface area contributed by atoms with Crippen molar-refractivity contribution in [1.82, 2.24) is 5.32 Å². The van der Waals surface area contributed by atoms with Gasteiger partial charge in [0.25, 0.3) is 0 Å². The maximum Gasteiger partial charge on any atom is 0.240 e. The zero-order valence-corrected chi connectivity index (χ0v) is 12.1. The first-order valence-electron chi connectivity index (χ1n) is 5.83. The quantitative estimate of drug-likeness (QED) is 0.738. The fraction of sp³-hybridized carbons (Fsp3) is 0.417. The van der Waals surface area contributed by atoms with Crippen molar-refractivity contribution in [1.29, 1.82) is 0 Å². The summed E-state index contributed by atoms with van der Waals surface area (Å²) in [6, 6.07) is 4.88. The topological polar surface area (TPSA) is 75.7 Å². The minimum absolute atomic E-state index is 0.232. The van der Waals surface area contributed by atoms with Gasteiger partial charge in [-0.3, -0.25) is 9.10 Å². The number of nitrogens with one attached hydrogen (secondary N) is 1. The maximum absolute atomic E-state index is 12.9. The Bertz CT molecular complexity index is 545. The zero-order chi connectivity index (χ0) is 15.2. The van der Waals surface area contributed by atoms with Crippen LogP contribution < -0.4 is 9.62 Å². The minimum atomic E-state index is -3.64. The molecule has 1 rings (SSSR count). The van der Waals surface area contributed by atoms with Crippen molar-refractivity contribution in [2.75, 3.05) is 37.4 Å². The van der Waals surface area contributed by atoms with Crippen molar-refractivity contribution in [3.63, 3.8) is 0 Å². The third kappa shape index (κ3) is 5.14. The molecule has 0 aromatic heterocycles. The van der Waals surface area contributed by atoms with Crippen molar-refractivity contribution >= 4 is 21.6 Å². The number of nitrogens with zero attached hydrogens (tertiary/aromatic N) is 1. The molecule has 0 fully saturated rings. The summed E-state index contributed by atoms with van der Waals surface area (Å²) in [5, 5.41) is 2.52. The zero-order valence-electron chi connectivity index (χ0n) is 11.3. The summed E-state index contributed by atoms with van der Waals surface area (Å²) in [5.74, 6) is -0.941. The van der Waals surface area contributed by atoms with Crippen molar-refractivity contribution in [3.8, 4) is 0 Å². The molecule has 8 heteroatoms. The van der Waals surface area contributed by atoms with Crippen LogP contribution >= 0.6 is 0 Å². The highest BCUT2D eigenvalue weighted by Crippen LogP contribution is 2.17. The second-order valence-corrected chi connectivity index (χ2v) is 6.00. The maximum atomic E-state index is 12.9. The van der Waals surface area contributed by atoms with Gasteiger partial charge in [0, 0.05) is 13.7 Å².